The topological polar surface area (TPSA) is 28.7 Å². The number of aromatic amines is 1. The van der Waals surface area contributed by atoms with Gasteiger partial charge in [-0.2, -0.15) is 0 Å². The standard InChI is InChI=1S/C3H4N2.Pr/c1-2-5-3-4-1;/h1-3H,(H,4,5);. The van der Waals surface area contributed by atoms with E-state index in [1.807, 2.05) is 0 Å². The van der Waals surface area contributed by atoms with Gasteiger partial charge in [0.2, 0.25) is 0 Å². The molecule has 0 bridgehead atoms. The van der Waals surface area contributed by atoms with Gasteiger partial charge in [-0.05, 0) is 0 Å². The van der Waals surface area contributed by atoms with Crippen LogP contribution in [-0.2, 0) is 0 Å². The molecule has 0 unspecified atom stereocenters. The Kier molecular flexibility index (Phi) is 4.11. The molecule has 1 N–H and O–H groups in total. The predicted octanol–water partition coefficient (Wildman–Crippen LogP) is 0.410. The van der Waals surface area contributed by atoms with Gasteiger partial charge < -0.3 is 4.98 Å². The summed E-state index contributed by atoms with van der Waals surface area (Å²) in [6.45, 7) is 0. The van der Waals surface area contributed by atoms with E-state index in [0.29, 0.717) is 0 Å². The largest absolute Gasteiger partial charge is 0.351 e. The van der Waals surface area contributed by atoms with E-state index in [2.05, 4.69) is 9.97 Å². The molecule has 2 nitrogen and oxygen atoms in total. The summed E-state index contributed by atoms with van der Waals surface area (Å²) >= 11 is 0. The quantitative estimate of drug-likeness (QED) is 0.658. The summed E-state index contributed by atoms with van der Waals surface area (Å²) in [5, 5.41) is 0. The molecule has 1 aromatic heterocycles. The van der Waals surface area contributed by atoms with Crippen molar-refractivity contribution in [2.75, 3.05) is 0 Å². The first-order valence-corrected chi connectivity index (χ1v) is 1.43. The third-order valence-corrected chi connectivity index (χ3v) is 0.406. The van der Waals surface area contributed by atoms with Crippen LogP contribution in [0.1, 0.15) is 0 Å². The van der Waals surface area contributed by atoms with Crippen molar-refractivity contribution in [3.63, 3.8) is 0 Å². The number of hydrogen-bond acceptors (Lipinski definition) is 1. The summed E-state index contributed by atoms with van der Waals surface area (Å²) < 4.78 is 0. The molecule has 0 aliphatic rings. The Labute approximate surface area is 69.3 Å². The number of nitrogens with zero attached hydrogens (tertiary/aromatic N) is 1. The molecule has 1 aromatic rings. The van der Waals surface area contributed by atoms with Gasteiger partial charge in [-0.25, -0.2) is 4.98 Å². The van der Waals surface area contributed by atoms with Crippen LogP contribution in [0.3, 0.4) is 0 Å². The van der Waals surface area contributed by atoms with E-state index >= 15 is 0 Å². The summed E-state index contributed by atoms with van der Waals surface area (Å²) in [5.74, 6) is 0. The van der Waals surface area contributed by atoms with E-state index in [1.54, 1.807) is 18.7 Å². The van der Waals surface area contributed by atoms with Crippen LogP contribution in [0.4, 0.5) is 0 Å². The minimum atomic E-state index is 0. The van der Waals surface area contributed by atoms with Crippen molar-refractivity contribution in [2.24, 2.45) is 0 Å². The molecule has 0 aliphatic carbocycles. The Morgan fingerprint density at radius 1 is 1.50 bits per heavy atom. The number of rotatable bonds is 0. The van der Waals surface area contributed by atoms with E-state index in [1.165, 1.54) is 0 Å². The van der Waals surface area contributed by atoms with Gasteiger partial charge in [-0.15, -0.1) is 0 Å². The van der Waals surface area contributed by atoms with Gasteiger partial charge in [0.05, 0.1) is 6.33 Å². The van der Waals surface area contributed by atoms with Crippen LogP contribution in [0, 0.1) is 41.3 Å². The van der Waals surface area contributed by atoms with Crippen LogP contribution in [-0.4, -0.2) is 9.97 Å². The average molecular weight is 209 g/mol. The fourth-order valence-corrected chi connectivity index (χ4v) is 0.215. The van der Waals surface area contributed by atoms with Gasteiger partial charge in [0.25, 0.3) is 0 Å². The number of hydrogen-bond donors (Lipinski definition) is 1. The van der Waals surface area contributed by atoms with Crippen molar-refractivity contribution < 1.29 is 41.3 Å². The normalized spacial score (nSPS) is 6.67. The van der Waals surface area contributed by atoms with Crippen molar-refractivity contribution in [2.45, 2.75) is 0 Å². The minimum absolute atomic E-state index is 0. The third-order valence-electron chi connectivity index (χ3n) is 0.406. The number of imidazole rings is 1. The summed E-state index contributed by atoms with van der Waals surface area (Å²) in [4.78, 5) is 6.42. The molecule has 6 heavy (non-hydrogen) atoms. The van der Waals surface area contributed by atoms with Crippen molar-refractivity contribution in [1.29, 1.82) is 0 Å². The molecule has 1 heterocycles. The predicted molar refractivity (Wildman–Crippen MR) is 18.6 cm³/mol. The smallest absolute Gasteiger partial charge is 0.0919 e. The molecule has 1 radical (unpaired) electrons. The third kappa shape index (κ3) is 1.88. The van der Waals surface area contributed by atoms with Crippen molar-refractivity contribution in [1.82, 2.24) is 9.97 Å². The van der Waals surface area contributed by atoms with Gasteiger partial charge >= 0.3 is 0 Å². The van der Waals surface area contributed by atoms with Gasteiger partial charge in [-0.1, -0.05) is 0 Å². The van der Waals surface area contributed by atoms with Crippen molar-refractivity contribution in [3.8, 4) is 0 Å². The molecule has 0 amide bonds. The van der Waals surface area contributed by atoms with Crippen LogP contribution in [0.25, 0.3) is 0 Å². The van der Waals surface area contributed by atoms with Gasteiger partial charge in [0, 0.05) is 53.7 Å². The Morgan fingerprint density at radius 3 is 2.50 bits per heavy atom. The molecule has 1 rings (SSSR count). The molecule has 0 saturated carbocycles. The molecule has 0 fully saturated rings. The molecular formula is C3H4N2Pr. The monoisotopic (exact) mass is 209 g/mol. The molecule has 29 valence electrons. The maximum Gasteiger partial charge on any atom is 0.0919 e. The first kappa shape index (κ1) is 6.57. The molecule has 0 spiro atoms. The van der Waals surface area contributed by atoms with Crippen LogP contribution >= 0.6 is 0 Å². The van der Waals surface area contributed by atoms with E-state index in [4.69, 9.17) is 0 Å². The second-order valence-electron chi connectivity index (χ2n) is 0.761. The van der Waals surface area contributed by atoms with E-state index < -0.39 is 0 Å². The summed E-state index contributed by atoms with van der Waals surface area (Å²) in [6.07, 6.45) is 5.08. The molecular weight excluding hydrogens is 205 g/mol. The summed E-state index contributed by atoms with van der Waals surface area (Å²) in [5.41, 5.74) is 0. The number of aromatic nitrogens is 2. The van der Waals surface area contributed by atoms with E-state index in [9.17, 15) is 0 Å². The number of nitrogens with one attached hydrogen (secondary N) is 1. The van der Waals surface area contributed by atoms with Crippen LogP contribution < -0.4 is 0 Å². The second kappa shape index (κ2) is 3.75. The van der Waals surface area contributed by atoms with Gasteiger partial charge in [-0.3, -0.25) is 0 Å². The molecule has 0 aliphatic heterocycles. The van der Waals surface area contributed by atoms with Crippen LogP contribution in [0.15, 0.2) is 18.7 Å². The average Bonchev–Trinajstić information content (AvgIpc) is 1.76. The maximum atomic E-state index is 3.67. The molecule has 3 heteroatoms. The molecule has 0 saturated heterocycles. The Bertz CT molecular complexity index is 65.3. The number of H-pyrrole nitrogens is 1. The SMILES string of the molecule is [Pr].c1c[nH]cn1. The van der Waals surface area contributed by atoms with Crippen LogP contribution in [0.2, 0.25) is 0 Å². The Hall–Kier alpha value is 0.574. The van der Waals surface area contributed by atoms with Gasteiger partial charge in [0.1, 0.15) is 0 Å². The van der Waals surface area contributed by atoms with Crippen LogP contribution in [0.5, 0.6) is 0 Å². The Morgan fingerprint density at radius 2 is 2.33 bits per heavy atom. The fraction of sp³-hybridized carbons (Fsp3) is 0. The van der Waals surface area contributed by atoms with Gasteiger partial charge in [0.15, 0.2) is 0 Å². The first-order valence-electron chi connectivity index (χ1n) is 1.43. The maximum absolute atomic E-state index is 3.67. The second-order valence-corrected chi connectivity index (χ2v) is 0.761. The van der Waals surface area contributed by atoms with E-state index in [-0.39, 0.29) is 41.3 Å². The zero-order valence-corrected chi connectivity index (χ0v) is 6.96. The molecule has 0 aromatic carbocycles. The van der Waals surface area contributed by atoms with Crippen molar-refractivity contribution >= 4 is 0 Å². The zero-order valence-electron chi connectivity index (χ0n) is 3.26. The fourth-order valence-electron chi connectivity index (χ4n) is 0.215. The summed E-state index contributed by atoms with van der Waals surface area (Å²) in [7, 11) is 0. The molecule has 0 atom stereocenters. The summed E-state index contributed by atoms with van der Waals surface area (Å²) in [6, 6.07) is 0. The zero-order chi connectivity index (χ0) is 3.54. The van der Waals surface area contributed by atoms with Crippen molar-refractivity contribution in [3.05, 3.63) is 18.7 Å². The minimum Gasteiger partial charge on any atom is -0.351 e. The Balaban J connectivity index is 0.000000250. The first-order chi connectivity index (χ1) is 2.50. The van der Waals surface area contributed by atoms with E-state index in [0.717, 1.165) is 0 Å².